The summed E-state index contributed by atoms with van der Waals surface area (Å²) in [5.74, 6) is 1.31. The molecule has 2 aromatic carbocycles. The van der Waals surface area contributed by atoms with Crippen LogP contribution in [0.25, 0.3) is 0 Å². The number of hydrogen-bond donors (Lipinski definition) is 1. The third-order valence-electron chi connectivity index (χ3n) is 4.82. The molecule has 0 spiro atoms. The van der Waals surface area contributed by atoms with Crippen LogP contribution in [0, 0.1) is 0 Å². The molecule has 1 heterocycles. The van der Waals surface area contributed by atoms with E-state index in [1.54, 1.807) is 19.1 Å². The third-order valence-corrected chi connectivity index (χ3v) is 6.03. The number of carbonyl (C=O) groups is 2. The Morgan fingerprint density at radius 2 is 1.61 bits per heavy atom. The molecule has 0 aliphatic carbocycles. The Balaban J connectivity index is 1.78. The molecule has 1 aliphatic rings. The van der Waals surface area contributed by atoms with Crippen LogP contribution in [-0.2, 0) is 22.7 Å². The molecule has 0 saturated carbocycles. The van der Waals surface area contributed by atoms with Crippen molar-refractivity contribution >= 4 is 28.7 Å². The zero-order chi connectivity index (χ0) is 22.2. The van der Waals surface area contributed by atoms with Gasteiger partial charge < -0.3 is 14.8 Å². The van der Waals surface area contributed by atoms with Crippen LogP contribution in [0.4, 0.5) is 0 Å². The van der Waals surface area contributed by atoms with Crippen LogP contribution in [0.2, 0.25) is 0 Å². The third kappa shape index (κ3) is 6.01. The second kappa shape index (κ2) is 10.9. The van der Waals surface area contributed by atoms with E-state index in [0.29, 0.717) is 24.8 Å². The minimum Gasteiger partial charge on any atom is -0.497 e. The lowest BCUT2D eigenvalue weighted by atomic mass is 10.2. The van der Waals surface area contributed by atoms with Crippen LogP contribution in [0.3, 0.4) is 0 Å². The molecule has 0 aromatic heterocycles. The van der Waals surface area contributed by atoms with Gasteiger partial charge in [-0.3, -0.25) is 19.5 Å². The van der Waals surface area contributed by atoms with Gasteiger partial charge in [0.2, 0.25) is 11.8 Å². The number of aliphatic imine (C=N–C) groups is 1. The minimum absolute atomic E-state index is 0.0967. The molecule has 31 heavy (non-hydrogen) atoms. The zero-order valence-corrected chi connectivity index (χ0v) is 18.8. The number of rotatable bonds is 9. The molecule has 8 heteroatoms. The summed E-state index contributed by atoms with van der Waals surface area (Å²) in [6.45, 7) is 3.23. The Hall–Kier alpha value is -3.00. The van der Waals surface area contributed by atoms with Crippen LogP contribution < -0.4 is 14.8 Å². The highest BCUT2D eigenvalue weighted by atomic mass is 32.2. The number of hydrogen-bond acceptors (Lipinski definition) is 6. The van der Waals surface area contributed by atoms with Crippen molar-refractivity contribution in [2.45, 2.75) is 31.7 Å². The van der Waals surface area contributed by atoms with Gasteiger partial charge in [0.15, 0.2) is 5.17 Å². The van der Waals surface area contributed by atoms with E-state index in [0.717, 1.165) is 22.6 Å². The molecule has 1 fully saturated rings. The second-order valence-electron chi connectivity index (χ2n) is 6.98. The Labute approximate surface area is 186 Å². The fraction of sp³-hybridized carbons (Fsp3) is 0.348. The van der Waals surface area contributed by atoms with Crippen molar-refractivity contribution in [3.63, 3.8) is 0 Å². The summed E-state index contributed by atoms with van der Waals surface area (Å²) >= 11 is 1.35. The lowest BCUT2D eigenvalue weighted by Crippen LogP contribution is -2.34. The van der Waals surface area contributed by atoms with Crippen molar-refractivity contribution in [1.82, 2.24) is 10.2 Å². The summed E-state index contributed by atoms with van der Waals surface area (Å²) in [7, 11) is 3.24. The topological polar surface area (TPSA) is 80.2 Å². The van der Waals surface area contributed by atoms with Crippen molar-refractivity contribution in [3.05, 3.63) is 59.7 Å². The SMILES string of the molecule is CCNC(=O)C[C@@H]1SC(=NCc2ccc(OC)cc2)N(Cc2ccc(OC)cc2)C1=O. The maximum Gasteiger partial charge on any atom is 0.242 e. The number of methoxy groups -OCH3 is 2. The van der Waals surface area contributed by atoms with Crippen LogP contribution in [0.15, 0.2) is 53.5 Å². The Bertz CT molecular complexity index is 929. The Morgan fingerprint density at radius 3 is 2.16 bits per heavy atom. The van der Waals surface area contributed by atoms with Crippen LogP contribution in [0.5, 0.6) is 11.5 Å². The van der Waals surface area contributed by atoms with Gasteiger partial charge in [-0.05, 0) is 42.3 Å². The predicted octanol–water partition coefficient (Wildman–Crippen LogP) is 3.23. The zero-order valence-electron chi connectivity index (χ0n) is 18.0. The van der Waals surface area contributed by atoms with Gasteiger partial charge in [-0.15, -0.1) is 0 Å². The summed E-state index contributed by atoms with van der Waals surface area (Å²) in [4.78, 5) is 31.5. The second-order valence-corrected chi connectivity index (χ2v) is 8.15. The van der Waals surface area contributed by atoms with E-state index in [2.05, 4.69) is 5.32 Å². The summed E-state index contributed by atoms with van der Waals surface area (Å²) in [6, 6.07) is 15.2. The number of nitrogens with one attached hydrogen (secondary N) is 1. The van der Waals surface area contributed by atoms with Crippen molar-refractivity contribution in [1.29, 1.82) is 0 Å². The van der Waals surface area contributed by atoms with E-state index >= 15 is 0 Å². The van der Waals surface area contributed by atoms with Gasteiger partial charge in [0.25, 0.3) is 0 Å². The molecule has 1 aliphatic heterocycles. The quantitative estimate of drug-likeness (QED) is 0.646. The van der Waals surface area contributed by atoms with Gasteiger partial charge in [-0.25, -0.2) is 0 Å². The van der Waals surface area contributed by atoms with Crippen molar-refractivity contribution in [2.75, 3.05) is 20.8 Å². The molecule has 0 radical (unpaired) electrons. The fourth-order valence-corrected chi connectivity index (χ4v) is 4.29. The molecule has 7 nitrogen and oxygen atoms in total. The standard InChI is InChI=1S/C23H27N3O4S/c1-4-24-21(27)13-20-22(28)26(15-17-7-11-19(30-3)12-8-17)23(31-20)25-14-16-5-9-18(29-2)10-6-16/h5-12,20H,4,13-15H2,1-3H3,(H,24,27)/t20-/m0/s1. The average Bonchev–Trinajstić information content (AvgIpc) is 3.07. The van der Waals surface area contributed by atoms with Gasteiger partial charge in [0, 0.05) is 13.0 Å². The molecule has 1 atom stereocenters. The smallest absolute Gasteiger partial charge is 0.242 e. The highest BCUT2D eigenvalue weighted by molar-refractivity contribution is 8.15. The highest BCUT2D eigenvalue weighted by Gasteiger charge is 2.38. The average molecular weight is 442 g/mol. The summed E-state index contributed by atoms with van der Waals surface area (Å²) in [5.41, 5.74) is 1.98. The minimum atomic E-state index is -0.473. The first-order chi connectivity index (χ1) is 15.0. The van der Waals surface area contributed by atoms with Crippen LogP contribution in [0.1, 0.15) is 24.5 Å². The highest BCUT2D eigenvalue weighted by Crippen LogP contribution is 2.31. The number of benzene rings is 2. The molecule has 0 bridgehead atoms. The van der Waals surface area contributed by atoms with E-state index in [9.17, 15) is 9.59 Å². The number of nitrogens with zero attached hydrogens (tertiary/aromatic N) is 2. The predicted molar refractivity (Wildman–Crippen MR) is 122 cm³/mol. The molecule has 1 saturated heterocycles. The summed E-state index contributed by atoms with van der Waals surface area (Å²) in [6.07, 6.45) is 0.137. The van der Waals surface area contributed by atoms with Crippen molar-refractivity contribution in [2.24, 2.45) is 4.99 Å². The number of amides is 2. The Kier molecular flexibility index (Phi) is 7.94. The van der Waals surface area contributed by atoms with Gasteiger partial charge in [-0.2, -0.15) is 0 Å². The van der Waals surface area contributed by atoms with E-state index in [1.165, 1.54) is 11.8 Å². The van der Waals surface area contributed by atoms with Gasteiger partial charge in [-0.1, -0.05) is 36.0 Å². The van der Waals surface area contributed by atoms with Crippen LogP contribution >= 0.6 is 11.8 Å². The Morgan fingerprint density at radius 1 is 1.03 bits per heavy atom. The number of carbonyl (C=O) groups excluding carboxylic acids is 2. The molecule has 3 rings (SSSR count). The van der Waals surface area contributed by atoms with E-state index < -0.39 is 5.25 Å². The molecule has 0 unspecified atom stereocenters. The first-order valence-corrected chi connectivity index (χ1v) is 11.0. The van der Waals surface area contributed by atoms with Gasteiger partial charge in [0.05, 0.1) is 27.3 Å². The summed E-state index contributed by atoms with van der Waals surface area (Å²) in [5, 5.41) is 2.92. The maximum atomic E-state index is 13.1. The first-order valence-electron chi connectivity index (χ1n) is 10.1. The number of ether oxygens (including phenoxy) is 2. The van der Waals surface area contributed by atoms with Gasteiger partial charge >= 0.3 is 0 Å². The molecular formula is C23H27N3O4S. The lowest BCUT2D eigenvalue weighted by molar-refractivity contribution is -0.129. The van der Waals surface area contributed by atoms with E-state index in [4.69, 9.17) is 14.5 Å². The van der Waals surface area contributed by atoms with Crippen LogP contribution in [-0.4, -0.2) is 47.9 Å². The molecule has 164 valence electrons. The molecule has 1 N–H and O–H groups in total. The van der Waals surface area contributed by atoms with E-state index in [1.807, 2.05) is 55.5 Å². The largest absolute Gasteiger partial charge is 0.497 e. The normalized spacial score (nSPS) is 17.1. The fourth-order valence-electron chi connectivity index (χ4n) is 3.15. The molecule has 2 aromatic rings. The monoisotopic (exact) mass is 441 g/mol. The maximum absolute atomic E-state index is 13.1. The van der Waals surface area contributed by atoms with Crippen molar-refractivity contribution < 1.29 is 19.1 Å². The molecule has 2 amide bonds. The number of amidine groups is 1. The van der Waals surface area contributed by atoms with Gasteiger partial charge in [0.1, 0.15) is 16.7 Å². The molecular weight excluding hydrogens is 414 g/mol. The van der Waals surface area contributed by atoms with E-state index in [-0.39, 0.29) is 18.2 Å². The number of thioether (sulfide) groups is 1. The first kappa shape index (κ1) is 22.7. The summed E-state index contributed by atoms with van der Waals surface area (Å²) < 4.78 is 10.4. The lowest BCUT2D eigenvalue weighted by Gasteiger charge is -2.17. The van der Waals surface area contributed by atoms with Crippen molar-refractivity contribution in [3.8, 4) is 11.5 Å².